The third-order valence-corrected chi connectivity index (χ3v) is 3.53. The van der Waals surface area contributed by atoms with E-state index in [2.05, 4.69) is 10.6 Å². The number of ether oxygens (including phenoxy) is 2. The first-order valence-electron chi connectivity index (χ1n) is 7.94. The van der Waals surface area contributed by atoms with Crippen LogP contribution >= 0.6 is 23.2 Å². The molecule has 0 spiro atoms. The van der Waals surface area contributed by atoms with Gasteiger partial charge in [-0.15, -0.1) is 0 Å². The summed E-state index contributed by atoms with van der Waals surface area (Å²) in [5.41, 5.74) is -0.132. The highest BCUT2D eigenvalue weighted by Crippen LogP contribution is 2.24. The zero-order chi connectivity index (χ0) is 19.7. The van der Waals surface area contributed by atoms with Crippen molar-refractivity contribution in [2.24, 2.45) is 0 Å². The van der Waals surface area contributed by atoms with Gasteiger partial charge in [0.1, 0.15) is 5.60 Å². The molecule has 0 aliphatic carbocycles. The summed E-state index contributed by atoms with van der Waals surface area (Å²) >= 11 is 11.6. The summed E-state index contributed by atoms with van der Waals surface area (Å²) in [4.78, 5) is 34.7. The SMILES string of the molecule is CC(C)(C)OC(=O)NCCCC(=O)OCC(=O)Nc1ccc(Cl)c(Cl)c1. The molecule has 9 heteroatoms. The maximum absolute atomic E-state index is 11.7. The number of anilines is 1. The predicted octanol–water partition coefficient (Wildman–Crippen LogP) is 3.78. The number of esters is 1. The van der Waals surface area contributed by atoms with Gasteiger partial charge < -0.3 is 20.1 Å². The number of carbonyl (C=O) groups is 3. The van der Waals surface area contributed by atoms with Crippen LogP contribution in [0.15, 0.2) is 18.2 Å². The van der Waals surface area contributed by atoms with E-state index in [4.69, 9.17) is 32.7 Å². The summed E-state index contributed by atoms with van der Waals surface area (Å²) in [5.74, 6) is -1.04. The molecule has 26 heavy (non-hydrogen) atoms. The van der Waals surface area contributed by atoms with Crippen LogP contribution < -0.4 is 10.6 Å². The predicted molar refractivity (Wildman–Crippen MR) is 99.5 cm³/mol. The highest BCUT2D eigenvalue weighted by atomic mass is 35.5. The van der Waals surface area contributed by atoms with E-state index in [-0.39, 0.29) is 13.0 Å². The largest absolute Gasteiger partial charge is 0.456 e. The van der Waals surface area contributed by atoms with Gasteiger partial charge in [0, 0.05) is 18.7 Å². The van der Waals surface area contributed by atoms with E-state index in [9.17, 15) is 14.4 Å². The first-order valence-corrected chi connectivity index (χ1v) is 8.70. The second kappa shape index (κ2) is 10.2. The molecule has 0 fully saturated rings. The van der Waals surface area contributed by atoms with Crippen LogP contribution in [0.2, 0.25) is 10.0 Å². The minimum absolute atomic E-state index is 0.0653. The lowest BCUT2D eigenvalue weighted by molar-refractivity contribution is -0.147. The molecule has 0 aromatic heterocycles. The van der Waals surface area contributed by atoms with E-state index in [1.54, 1.807) is 32.9 Å². The van der Waals surface area contributed by atoms with Crippen molar-refractivity contribution >= 4 is 46.9 Å². The first-order chi connectivity index (χ1) is 12.1. The van der Waals surface area contributed by atoms with E-state index >= 15 is 0 Å². The zero-order valence-electron chi connectivity index (χ0n) is 14.9. The molecule has 0 radical (unpaired) electrons. The topological polar surface area (TPSA) is 93.7 Å². The fourth-order valence-corrected chi connectivity index (χ4v) is 2.02. The van der Waals surface area contributed by atoms with Crippen molar-refractivity contribution in [1.82, 2.24) is 5.32 Å². The summed E-state index contributed by atoms with van der Waals surface area (Å²) in [6.45, 7) is 5.12. The number of alkyl carbamates (subject to hydrolysis) is 1. The van der Waals surface area contributed by atoms with Gasteiger partial charge in [0.25, 0.3) is 5.91 Å². The normalized spacial score (nSPS) is 10.8. The monoisotopic (exact) mass is 404 g/mol. The van der Waals surface area contributed by atoms with Gasteiger partial charge in [-0.2, -0.15) is 0 Å². The van der Waals surface area contributed by atoms with Gasteiger partial charge in [-0.3, -0.25) is 9.59 Å². The van der Waals surface area contributed by atoms with Crippen LogP contribution in [0.4, 0.5) is 10.5 Å². The Labute approximate surface area is 162 Å². The molecule has 7 nitrogen and oxygen atoms in total. The highest BCUT2D eigenvalue weighted by molar-refractivity contribution is 6.42. The van der Waals surface area contributed by atoms with Crippen molar-refractivity contribution in [2.75, 3.05) is 18.5 Å². The van der Waals surface area contributed by atoms with E-state index in [0.717, 1.165) is 0 Å². The number of carbonyl (C=O) groups excluding carboxylic acids is 3. The van der Waals surface area contributed by atoms with Gasteiger partial charge in [-0.05, 0) is 45.4 Å². The zero-order valence-corrected chi connectivity index (χ0v) is 16.4. The van der Waals surface area contributed by atoms with E-state index in [0.29, 0.717) is 22.2 Å². The molecule has 0 heterocycles. The summed E-state index contributed by atoms with van der Waals surface area (Å²) in [5, 5.41) is 5.74. The molecule has 1 aromatic rings. The lowest BCUT2D eigenvalue weighted by Crippen LogP contribution is -2.33. The lowest BCUT2D eigenvalue weighted by Gasteiger charge is -2.19. The molecular formula is C17H22Cl2N2O5. The highest BCUT2D eigenvalue weighted by Gasteiger charge is 2.15. The molecule has 0 bridgehead atoms. The van der Waals surface area contributed by atoms with Gasteiger partial charge in [0.05, 0.1) is 10.0 Å². The number of benzene rings is 1. The minimum atomic E-state index is -0.579. The average molecular weight is 405 g/mol. The Morgan fingerprint density at radius 1 is 1.12 bits per heavy atom. The molecule has 0 saturated carbocycles. The fraction of sp³-hybridized carbons (Fsp3) is 0.471. The quantitative estimate of drug-likeness (QED) is 0.532. The molecule has 1 aromatic carbocycles. The molecule has 0 unspecified atom stereocenters. The van der Waals surface area contributed by atoms with Crippen LogP contribution in [-0.4, -0.2) is 36.7 Å². The number of amides is 2. The van der Waals surface area contributed by atoms with Crippen molar-refractivity contribution in [3.63, 3.8) is 0 Å². The molecule has 0 aliphatic rings. The van der Waals surface area contributed by atoms with E-state index < -0.39 is 30.2 Å². The second-order valence-corrected chi connectivity index (χ2v) is 7.18. The van der Waals surface area contributed by atoms with Crippen LogP contribution in [0.25, 0.3) is 0 Å². The molecule has 0 aliphatic heterocycles. The third kappa shape index (κ3) is 9.48. The molecule has 0 atom stereocenters. The maximum Gasteiger partial charge on any atom is 0.407 e. The number of hydrogen-bond donors (Lipinski definition) is 2. The molecule has 2 N–H and O–H groups in total. The number of nitrogens with one attached hydrogen (secondary N) is 2. The molecule has 2 amide bonds. The summed E-state index contributed by atoms with van der Waals surface area (Å²) in [6.07, 6.45) is -0.116. The van der Waals surface area contributed by atoms with Gasteiger partial charge in [-0.1, -0.05) is 23.2 Å². The van der Waals surface area contributed by atoms with Crippen molar-refractivity contribution in [1.29, 1.82) is 0 Å². The first kappa shape index (κ1) is 22.1. The van der Waals surface area contributed by atoms with Crippen molar-refractivity contribution in [2.45, 2.75) is 39.2 Å². The lowest BCUT2D eigenvalue weighted by atomic mass is 10.2. The molecular weight excluding hydrogens is 383 g/mol. The van der Waals surface area contributed by atoms with Crippen molar-refractivity contribution < 1.29 is 23.9 Å². The van der Waals surface area contributed by atoms with Crippen molar-refractivity contribution in [3.8, 4) is 0 Å². The Balaban J connectivity index is 2.20. The standard InChI is InChI=1S/C17H22Cl2N2O5/c1-17(2,3)26-16(24)20-8-4-5-15(23)25-10-14(22)21-11-6-7-12(18)13(19)9-11/h6-7,9H,4-5,8,10H2,1-3H3,(H,20,24)(H,21,22). The Morgan fingerprint density at radius 3 is 2.42 bits per heavy atom. The maximum atomic E-state index is 11.7. The Bertz CT molecular complexity index is 659. The number of hydrogen-bond acceptors (Lipinski definition) is 5. The van der Waals surface area contributed by atoms with Crippen LogP contribution in [0.5, 0.6) is 0 Å². The van der Waals surface area contributed by atoms with Gasteiger partial charge in [0.2, 0.25) is 0 Å². The van der Waals surface area contributed by atoms with E-state index in [1.165, 1.54) is 6.07 Å². The van der Waals surface area contributed by atoms with E-state index in [1.807, 2.05) is 0 Å². The van der Waals surface area contributed by atoms with Crippen LogP contribution in [0.1, 0.15) is 33.6 Å². The molecule has 144 valence electrons. The molecule has 1 rings (SSSR count). The number of rotatable bonds is 7. The fourth-order valence-electron chi connectivity index (χ4n) is 1.73. The Hall–Kier alpha value is -1.99. The summed E-state index contributed by atoms with van der Waals surface area (Å²) in [7, 11) is 0. The average Bonchev–Trinajstić information content (AvgIpc) is 2.51. The van der Waals surface area contributed by atoms with Gasteiger partial charge >= 0.3 is 12.1 Å². The summed E-state index contributed by atoms with van der Waals surface area (Å²) in [6, 6.07) is 4.62. The number of halogens is 2. The van der Waals surface area contributed by atoms with Crippen LogP contribution in [0, 0.1) is 0 Å². The second-order valence-electron chi connectivity index (χ2n) is 6.37. The van der Waals surface area contributed by atoms with Crippen molar-refractivity contribution in [3.05, 3.63) is 28.2 Å². The summed E-state index contributed by atoms with van der Waals surface area (Å²) < 4.78 is 9.92. The Morgan fingerprint density at radius 2 is 1.81 bits per heavy atom. The smallest absolute Gasteiger partial charge is 0.407 e. The third-order valence-electron chi connectivity index (χ3n) is 2.79. The Kier molecular flexibility index (Phi) is 8.68. The van der Waals surface area contributed by atoms with Gasteiger partial charge in [-0.25, -0.2) is 4.79 Å². The van der Waals surface area contributed by atoms with Gasteiger partial charge in [0.15, 0.2) is 6.61 Å². The molecule has 0 saturated heterocycles. The van der Waals surface area contributed by atoms with Crippen LogP contribution in [0.3, 0.4) is 0 Å². The minimum Gasteiger partial charge on any atom is -0.456 e. The van der Waals surface area contributed by atoms with Crippen LogP contribution in [-0.2, 0) is 19.1 Å².